The molecule has 1 aromatic rings. The van der Waals surface area contributed by atoms with Crippen molar-refractivity contribution >= 4 is 29.0 Å². The maximum atomic E-state index is 11.9. The third-order valence-corrected chi connectivity index (χ3v) is 3.28. The van der Waals surface area contributed by atoms with Gasteiger partial charge in [-0.3, -0.25) is 9.78 Å². The van der Waals surface area contributed by atoms with E-state index in [9.17, 15) is 4.79 Å². The van der Waals surface area contributed by atoms with Crippen LogP contribution in [0.3, 0.4) is 0 Å². The second-order valence-electron chi connectivity index (χ2n) is 4.08. The quantitative estimate of drug-likeness (QED) is 0.788. The van der Waals surface area contributed by atoms with Gasteiger partial charge in [-0.15, -0.1) is 0 Å². The molecule has 0 aliphatic carbocycles. The average Bonchev–Trinajstić information content (AvgIpc) is 2.78. The maximum Gasteiger partial charge on any atom is 0.182 e. The second kappa shape index (κ2) is 5.80. The molecule has 1 atom stereocenters. The molecule has 2 rings (SSSR count). The highest BCUT2D eigenvalue weighted by atomic mass is 35.5. The highest BCUT2D eigenvalue weighted by Crippen LogP contribution is 2.22. The summed E-state index contributed by atoms with van der Waals surface area (Å²) in [5.74, 6) is -0.0535. The molecular weight excluding hydrogens is 261 g/mol. The Morgan fingerprint density at radius 2 is 2.35 bits per heavy atom. The minimum atomic E-state index is -0.0535. The molecule has 0 N–H and O–H groups in total. The van der Waals surface area contributed by atoms with Gasteiger partial charge in [0.2, 0.25) is 0 Å². The molecule has 5 heteroatoms. The van der Waals surface area contributed by atoms with Crippen molar-refractivity contribution in [2.75, 3.05) is 6.61 Å². The summed E-state index contributed by atoms with van der Waals surface area (Å²) < 4.78 is 5.46. The minimum absolute atomic E-state index is 0.0535. The van der Waals surface area contributed by atoms with E-state index in [0.29, 0.717) is 22.2 Å². The molecule has 1 unspecified atom stereocenters. The van der Waals surface area contributed by atoms with Crippen LogP contribution in [0.25, 0.3) is 0 Å². The molecule has 0 spiro atoms. The van der Waals surface area contributed by atoms with Gasteiger partial charge in [-0.1, -0.05) is 23.2 Å². The number of nitrogens with zero attached hydrogens (tertiary/aromatic N) is 1. The van der Waals surface area contributed by atoms with Crippen molar-refractivity contribution in [3.63, 3.8) is 0 Å². The Morgan fingerprint density at radius 3 is 3.00 bits per heavy atom. The Morgan fingerprint density at radius 1 is 1.53 bits per heavy atom. The topological polar surface area (TPSA) is 39.2 Å². The van der Waals surface area contributed by atoms with Gasteiger partial charge in [0, 0.05) is 19.2 Å². The number of hydrogen-bond donors (Lipinski definition) is 0. The van der Waals surface area contributed by atoms with Crippen molar-refractivity contribution in [3.8, 4) is 0 Å². The number of halogens is 2. The predicted octanol–water partition coefficient (Wildman–Crippen LogP) is 3.53. The van der Waals surface area contributed by atoms with E-state index in [4.69, 9.17) is 27.9 Å². The zero-order valence-electron chi connectivity index (χ0n) is 9.29. The molecule has 1 aliphatic rings. The van der Waals surface area contributed by atoms with Gasteiger partial charge in [0.05, 0.1) is 16.1 Å². The number of carbonyl (C=O) groups excluding carboxylic acids is 1. The number of carbonyl (C=O) groups is 1. The van der Waals surface area contributed by atoms with E-state index in [0.717, 1.165) is 25.9 Å². The zero-order valence-corrected chi connectivity index (χ0v) is 10.8. The van der Waals surface area contributed by atoms with Gasteiger partial charge in [0.25, 0.3) is 0 Å². The first-order valence-corrected chi connectivity index (χ1v) is 6.38. The standard InChI is InChI=1S/C12H13Cl2NO2/c13-8-6-10(14)12(15-7-8)11(16)4-3-9-2-1-5-17-9/h6-7,9H,1-5H2. The van der Waals surface area contributed by atoms with Crippen LogP contribution >= 0.6 is 23.2 Å². The third-order valence-electron chi connectivity index (χ3n) is 2.79. The molecule has 0 saturated carbocycles. The molecular formula is C12H13Cl2NO2. The molecule has 17 heavy (non-hydrogen) atoms. The number of aromatic nitrogens is 1. The van der Waals surface area contributed by atoms with Gasteiger partial charge in [0.15, 0.2) is 5.78 Å². The summed E-state index contributed by atoms with van der Waals surface area (Å²) in [6.07, 6.45) is 4.92. The first-order valence-electron chi connectivity index (χ1n) is 5.62. The Hall–Kier alpha value is -0.640. The van der Waals surface area contributed by atoms with Gasteiger partial charge >= 0.3 is 0 Å². The minimum Gasteiger partial charge on any atom is -0.378 e. The molecule has 3 nitrogen and oxygen atoms in total. The van der Waals surface area contributed by atoms with Gasteiger partial charge in [0.1, 0.15) is 5.69 Å². The number of pyridine rings is 1. The van der Waals surface area contributed by atoms with Crippen LogP contribution in [0.4, 0.5) is 0 Å². The van der Waals surface area contributed by atoms with E-state index < -0.39 is 0 Å². The predicted molar refractivity (Wildman–Crippen MR) is 66.8 cm³/mol. The lowest BCUT2D eigenvalue weighted by Crippen LogP contribution is -2.10. The van der Waals surface area contributed by atoms with Crippen LogP contribution in [-0.4, -0.2) is 23.5 Å². The molecule has 92 valence electrons. The summed E-state index contributed by atoms with van der Waals surface area (Å²) in [4.78, 5) is 15.9. The van der Waals surface area contributed by atoms with Crippen LogP contribution in [0.1, 0.15) is 36.2 Å². The first kappa shape index (κ1) is 12.8. The monoisotopic (exact) mass is 273 g/mol. The van der Waals surface area contributed by atoms with Crippen LogP contribution in [-0.2, 0) is 4.74 Å². The Bertz CT molecular complexity index is 417. The smallest absolute Gasteiger partial charge is 0.182 e. The van der Waals surface area contributed by atoms with E-state index in [1.54, 1.807) is 0 Å². The number of rotatable bonds is 4. The fourth-order valence-electron chi connectivity index (χ4n) is 1.90. The highest BCUT2D eigenvalue weighted by Gasteiger charge is 2.19. The summed E-state index contributed by atoms with van der Waals surface area (Å²) in [5.41, 5.74) is 0.300. The largest absolute Gasteiger partial charge is 0.378 e. The van der Waals surface area contributed by atoms with Crippen molar-refractivity contribution < 1.29 is 9.53 Å². The molecule has 1 aromatic heterocycles. The van der Waals surface area contributed by atoms with E-state index >= 15 is 0 Å². The summed E-state index contributed by atoms with van der Waals surface area (Å²) in [7, 11) is 0. The Kier molecular flexibility index (Phi) is 4.37. The first-order chi connectivity index (χ1) is 8.16. The van der Waals surface area contributed by atoms with Gasteiger partial charge < -0.3 is 4.74 Å². The molecule has 1 saturated heterocycles. The van der Waals surface area contributed by atoms with Crippen LogP contribution in [0.15, 0.2) is 12.3 Å². The van der Waals surface area contributed by atoms with Crippen molar-refractivity contribution in [2.24, 2.45) is 0 Å². The molecule has 0 radical (unpaired) electrons. The summed E-state index contributed by atoms with van der Waals surface area (Å²) in [6, 6.07) is 1.54. The highest BCUT2D eigenvalue weighted by molar-refractivity contribution is 6.36. The molecule has 0 aromatic carbocycles. The molecule has 0 amide bonds. The Labute approximate surface area is 110 Å². The van der Waals surface area contributed by atoms with Crippen LogP contribution in [0, 0.1) is 0 Å². The zero-order chi connectivity index (χ0) is 12.3. The van der Waals surface area contributed by atoms with Crippen LogP contribution in [0.5, 0.6) is 0 Å². The maximum absolute atomic E-state index is 11.9. The van der Waals surface area contributed by atoms with E-state index in [1.165, 1.54) is 12.3 Å². The fraction of sp³-hybridized carbons (Fsp3) is 0.500. The van der Waals surface area contributed by atoms with Crippen molar-refractivity contribution in [2.45, 2.75) is 31.8 Å². The summed E-state index contributed by atoms with van der Waals surface area (Å²) in [6.45, 7) is 0.804. The lowest BCUT2D eigenvalue weighted by molar-refractivity contribution is 0.0856. The normalized spacial score (nSPS) is 19.5. The van der Waals surface area contributed by atoms with Crippen molar-refractivity contribution in [1.29, 1.82) is 0 Å². The molecule has 2 heterocycles. The van der Waals surface area contributed by atoms with Crippen molar-refractivity contribution in [3.05, 3.63) is 28.0 Å². The van der Waals surface area contributed by atoms with Gasteiger partial charge in [-0.05, 0) is 25.3 Å². The fourth-order valence-corrected chi connectivity index (χ4v) is 2.39. The van der Waals surface area contributed by atoms with E-state index in [2.05, 4.69) is 4.98 Å². The van der Waals surface area contributed by atoms with E-state index in [1.807, 2.05) is 0 Å². The number of hydrogen-bond acceptors (Lipinski definition) is 3. The van der Waals surface area contributed by atoms with Crippen LogP contribution < -0.4 is 0 Å². The van der Waals surface area contributed by atoms with Crippen molar-refractivity contribution in [1.82, 2.24) is 4.98 Å². The summed E-state index contributed by atoms with van der Waals surface area (Å²) in [5, 5.41) is 0.750. The van der Waals surface area contributed by atoms with Gasteiger partial charge in [-0.25, -0.2) is 0 Å². The Balaban J connectivity index is 1.94. The third kappa shape index (κ3) is 3.41. The van der Waals surface area contributed by atoms with Gasteiger partial charge in [-0.2, -0.15) is 0 Å². The number of ether oxygens (including phenoxy) is 1. The molecule has 1 aliphatic heterocycles. The average molecular weight is 274 g/mol. The lowest BCUT2D eigenvalue weighted by Gasteiger charge is -2.08. The lowest BCUT2D eigenvalue weighted by atomic mass is 10.1. The summed E-state index contributed by atoms with van der Waals surface area (Å²) >= 11 is 11.6. The van der Waals surface area contributed by atoms with Crippen LogP contribution in [0.2, 0.25) is 10.0 Å². The van der Waals surface area contributed by atoms with E-state index in [-0.39, 0.29) is 11.9 Å². The number of Topliss-reactive ketones (excluding diaryl/α,β-unsaturated/α-hetero) is 1. The molecule has 1 fully saturated rings. The number of ketones is 1. The SMILES string of the molecule is O=C(CCC1CCCO1)c1ncc(Cl)cc1Cl. The molecule has 0 bridgehead atoms. The second-order valence-corrected chi connectivity index (χ2v) is 4.92.